The van der Waals surface area contributed by atoms with Crippen LogP contribution in [0, 0.1) is 11.8 Å². The van der Waals surface area contributed by atoms with Crippen LogP contribution in [0.15, 0.2) is 0 Å². The molecule has 0 radical (unpaired) electrons. The second kappa shape index (κ2) is 6.40. The molecule has 0 aromatic carbocycles. The van der Waals surface area contributed by atoms with Crippen LogP contribution < -0.4 is 5.32 Å². The van der Waals surface area contributed by atoms with Crippen molar-refractivity contribution in [2.45, 2.75) is 33.6 Å². The van der Waals surface area contributed by atoms with Crippen LogP contribution in [0.5, 0.6) is 0 Å². The summed E-state index contributed by atoms with van der Waals surface area (Å²) >= 11 is 0. The summed E-state index contributed by atoms with van der Waals surface area (Å²) in [6, 6.07) is 0. The van der Waals surface area contributed by atoms with Crippen molar-refractivity contribution in [2.75, 3.05) is 6.54 Å². The topological polar surface area (TPSA) is 66.4 Å². The highest BCUT2D eigenvalue weighted by molar-refractivity contribution is 5.84. The Hall–Kier alpha value is -1.06. The van der Waals surface area contributed by atoms with Gasteiger partial charge in [0.15, 0.2) is 0 Å². The maximum absolute atomic E-state index is 11.5. The Labute approximate surface area is 84.7 Å². The van der Waals surface area contributed by atoms with Crippen molar-refractivity contribution >= 4 is 11.9 Å². The molecule has 4 nitrogen and oxygen atoms in total. The molecule has 82 valence electrons. The van der Waals surface area contributed by atoms with E-state index in [-0.39, 0.29) is 5.91 Å². The number of carbonyl (C=O) groups excluding carboxylic acids is 1. The number of carboxylic acids is 1. The number of nitrogens with one attached hydrogen (secondary N) is 1. The molecule has 14 heavy (non-hydrogen) atoms. The van der Waals surface area contributed by atoms with E-state index in [1.165, 1.54) is 0 Å². The predicted molar refractivity (Wildman–Crippen MR) is 53.9 cm³/mol. The van der Waals surface area contributed by atoms with E-state index in [0.717, 1.165) is 0 Å². The van der Waals surface area contributed by atoms with Crippen molar-refractivity contribution in [2.24, 2.45) is 11.8 Å². The maximum atomic E-state index is 11.5. The predicted octanol–water partition coefficient (Wildman–Crippen LogP) is 1.26. The summed E-state index contributed by atoms with van der Waals surface area (Å²) in [5, 5.41) is 11.6. The zero-order valence-electron chi connectivity index (χ0n) is 9.04. The summed E-state index contributed by atoms with van der Waals surface area (Å²) in [5.41, 5.74) is 0. The molecule has 0 aliphatic carbocycles. The van der Waals surface area contributed by atoms with Crippen LogP contribution in [-0.4, -0.2) is 23.5 Å². The molecular formula is C10H19NO3. The molecular weight excluding hydrogens is 182 g/mol. The SMILES string of the molecule is CCNC(=O)C(CC)C(CC)C(=O)O. The molecule has 2 N–H and O–H groups in total. The van der Waals surface area contributed by atoms with Crippen molar-refractivity contribution < 1.29 is 14.7 Å². The number of rotatable bonds is 6. The van der Waals surface area contributed by atoms with Gasteiger partial charge >= 0.3 is 5.97 Å². The van der Waals surface area contributed by atoms with E-state index >= 15 is 0 Å². The van der Waals surface area contributed by atoms with Crippen molar-refractivity contribution in [1.82, 2.24) is 5.32 Å². The molecule has 0 aliphatic rings. The summed E-state index contributed by atoms with van der Waals surface area (Å²) in [4.78, 5) is 22.4. The molecule has 1 amide bonds. The summed E-state index contributed by atoms with van der Waals surface area (Å²) in [6.45, 7) is 6.00. The second-order valence-corrected chi connectivity index (χ2v) is 3.26. The standard InChI is InChI=1S/C10H19NO3/c1-4-7(9(12)11-6-3)8(5-2)10(13)14/h7-8H,4-6H2,1-3H3,(H,11,12)(H,13,14). The summed E-state index contributed by atoms with van der Waals surface area (Å²) in [5.74, 6) is -2.00. The van der Waals surface area contributed by atoms with Crippen molar-refractivity contribution in [1.29, 1.82) is 0 Å². The number of hydrogen-bond donors (Lipinski definition) is 2. The van der Waals surface area contributed by atoms with E-state index in [1.807, 2.05) is 13.8 Å². The third kappa shape index (κ3) is 3.36. The lowest BCUT2D eigenvalue weighted by atomic mass is 9.87. The summed E-state index contributed by atoms with van der Waals surface area (Å²) < 4.78 is 0. The van der Waals surface area contributed by atoms with Crippen LogP contribution in [0.4, 0.5) is 0 Å². The number of hydrogen-bond acceptors (Lipinski definition) is 2. The maximum Gasteiger partial charge on any atom is 0.307 e. The molecule has 0 heterocycles. The van der Waals surface area contributed by atoms with E-state index in [2.05, 4.69) is 5.32 Å². The molecule has 0 aliphatic heterocycles. The number of aliphatic carboxylic acids is 1. The Morgan fingerprint density at radius 2 is 1.64 bits per heavy atom. The normalized spacial score (nSPS) is 14.5. The molecule has 0 saturated heterocycles. The Morgan fingerprint density at radius 3 is 1.93 bits per heavy atom. The van der Waals surface area contributed by atoms with Gasteiger partial charge < -0.3 is 10.4 Å². The monoisotopic (exact) mass is 201 g/mol. The summed E-state index contributed by atoms with van der Waals surface area (Å²) in [6.07, 6.45) is 1.06. The first-order valence-corrected chi connectivity index (χ1v) is 5.08. The largest absolute Gasteiger partial charge is 0.481 e. The summed E-state index contributed by atoms with van der Waals surface area (Å²) in [7, 11) is 0. The fourth-order valence-corrected chi connectivity index (χ4v) is 1.59. The number of carbonyl (C=O) groups is 2. The van der Waals surface area contributed by atoms with E-state index in [0.29, 0.717) is 19.4 Å². The minimum absolute atomic E-state index is 0.149. The molecule has 2 unspecified atom stereocenters. The Balaban J connectivity index is 4.50. The minimum Gasteiger partial charge on any atom is -0.481 e. The van der Waals surface area contributed by atoms with Gasteiger partial charge in [-0.1, -0.05) is 13.8 Å². The third-order valence-electron chi connectivity index (χ3n) is 2.37. The smallest absolute Gasteiger partial charge is 0.307 e. The first kappa shape index (κ1) is 12.9. The van der Waals surface area contributed by atoms with Gasteiger partial charge in [0.2, 0.25) is 5.91 Å². The van der Waals surface area contributed by atoms with Crippen LogP contribution >= 0.6 is 0 Å². The lowest BCUT2D eigenvalue weighted by Gasteiger charge is -2.20. The number of amides is 1. The first-order chi connectivity index (χ1) is 6.58. The molecule has 4 heteroatoms. The van der Waals surface area contributed by atoms with Gasteiger partial charge in [0.1, 0.15) is 0 Å². The highest BCUT2D eigenvalue weighted by Gasteiger charge is 2.30. The van der Waals surface area contributed by atoms with Crippen molar-refractivity contribution in [3.8, 4) is 0 Å². The van der Waals surface area contributed by atoms with Crippen LogP contribution in [-0.2, 0) is 9.59 Å². The third-order valence-corrected chi connectivity index (χ3v) is 2.37. The highest BCUT2D eigenvalue weighted by Crippen LogP contribution is 2.19. The fraction of sp³-hybridized carbons (Fsp3) is 0.800. The lowest BCUT2D eigenvalue weighted by molar-refractivity contribution is -0.147. The van der Waals surface area contributed by atoms with Gasteiger partial charge in [0.25, 0.3) is 0 Å². The number of carboxylic acid groups (broad SMARTS) is 1. The molecule has 0 bridgehead atoms. The van der Waals surface area contributed by atoms with Gasteiger partial charge in [-0.05, 0) is 19.8 Å². The highest BCUT2D eigenvalue weighted by atomic mass is 16.4. The van der Waals surface area contributed by atoms with Crippen molar-refractivity contribution in [3.05, 3.63) is 0 Å². The molecule has 0 spiro atoms. The van der Waals surface area contributed by atoms with Crippen LogP contribution in [0.25, 0.3) is 0 Å². The average Bonchev–Trinajstić information content (AvgIpc) is 2.13. The Morgan fingerprint density at radius 1 is 1.14 bits per heavy atom. The van der Waals surface area contributed by atoms with Gasteiger partial charge in [-0.3, -0.25) is 9.59 Å². The van der Waals surface area contributed by atoms with E-state index in [1.54, 1.807) is 6.92 Å². The van der Waals surface area contributed by atoms with Gasteiger partial charge in [0.05, 0.1) is 11.8 Å². The lowest BCUT2D eigenvalue weighted by Crippen LogP contribution is -2.37. The van der Waals surface area contributed by atoms with Gasteiger partial charge in [0, 0.05) is 6.54 Å². The molecule has 0 aromatic heterocycles. The fourth-order valence-electron chi connectivity index (χ4n) is 1.59. The molecule has 0 fully saturated rings. The average molecular weight is 201 g/mol. The minimum atomic E-state index is -0.884. The second-order valence-electron chi connectivity index (χ2n) is 3.26. The quantitative estimate of drug-likeness (QED) is 0.680. The van der Waals surface area contributed by atoms with Gasteiger partial charge in [-0.2, -0.15) is 0 Å². The first-order valence-electron chi connectivity index (χ1n) is 5.08. The van der Waals surface area contributed by atoms with Crippen LogP contribution in [0.2, 0.25) is 0 Å². The van der Waals surface area contributed by atoms with Crippen molar-refractivity contribution in [3.63, 3.8) is 0 Å². The van der Waals surface area contributed by atoms with Crippen LogP contribution in [0.3, 0.4) is 0 Å². The van der Waals surface area contributed by atoms with Gasteiger partial charge in [-0.25, -0.2) is 0 Å². The van der Waals surface area contributed by atoms with E-state index < -0.39 is 17.8 Å². The van der Waals surface area contributed by atoms with E-state index in [9.17, 15) is 9.59 Å². The van der Waals surface area contributed by atoms with Gasteiger partial charge in [-0.15, -0.1) is 0 Å². The molecule has 0 saturated carbocycles. The zero-order valence-corrected chi connectivity index (χ0v) is 9.04. The molecule has 0 rings (SSSR count). The zero-order chi connectivity index (χ0) is 11.1. The Bertz CT molecular complexity index is 204. The molecule has 2 atom stereocenters. The van der Waals surface area contributed by atoms with Crippen LogP contribution in [0.1, 0.15) is 33.6 Å². The molecule has 0 aromatic rings. The Kier molecular flexibility index (Phi) is 5.92. The van der Waals surface area contributed by atoms with E-state index in [4.69, 9.17) is 5.11 Å².